The lowest BCUT2D eigenvalue weighted by Crippen LogP contribution is -2.39. The SMILES string of the molecule is Cl.NC1CCN(Cc2ccc(Br)c([N+](=O)[O-])c2)CC1. The summed E-state index contributed by atoms with van der Waals surface area (Å²) >= 11 is 3.19. The van der Waals surface area contributed by atoms with E-state index in [1.807, 2.05) is 6.07 Å². The molecule has 19 heavy (non-hydrogen) atoms. The van der Waals surface area contributed by atoms with Crippen LogP contribution in [0.3, 0.4) is 0 Å². The van der Waals surface area contributed by atoms with Gasteiger partial charge in [0, 0.05) is 18.7 Å². The fourth-order valence-electron chi connectivity index (χ4n) is 2.17. The normalized spacial score (nSPS) is 16.9. The second kappa shape index (κ2) is 7.19. The van der Waals surface area contributed by atoms with Crippen molar-refractivity contribution in [3.05, 3.63) is 38.3 Å². The Bertz CT molecular complexity index is 451. The number of hydrogen-bond donors (Lipinski definition) is 1. The zero-order chi connectivity index (χ0) is 13.1. The Morgan fingerprint density at radius 3 is 2.63 bits per heavy atom. The summed E-state index contributed by atoms with van der Waals surface area (Å²) in [4.78, 5) is 12.8. The highest BCUT2D eigenvalue weighted by atomic mass is 79.9. The van der Waals surface area contributed by atoms with Gasteiger partial charge in [0.1, 0.15) is 0 Å². The van der Waals surface area contributed by atoms with Gasteiger partial charge in [-0.15, -0.1) is 12.4 Å². The van der Waals surface area contributed by atoms with Crippen LogP contribution in [0.15, 0.2) is 22.7 Å². The lowest BCUT2D eigenvalue weighted by molar-refractivity contribution is -0.385. The van der Waals surface area contributed by atoms with Gasteiger partial charge < -0.3 is 5.73 Å². The van der Waals surface area contributed by atoms with Gasteiger partial charge in [-0.3, -0.25) is 15.0 Å². The molecule has 1 aromatic rings. The lowest BCUT2D eigenvalue weighted by atomic mass is 10.1. The molecule has 0 amide bonds. The minimum absolute atomic E-state index is 0. The molecule has 2 rings (SSSR count). The van der Waals surface area contributed by atoms with E-state index < -0.39 is 0 Å². The molecule has 0 saturated carbocycles. The molecule has 7 heteroatoms. The van der Waals surface area contributed by atoms with Crippen LogP contribution in [0.2, 0.25) is 0 Å². The van der Waals surface area contributed by atoms with E-state index in [1.54, 1.807) is 12.1 Å². The van der Waals surface area contributed by atoms with Crippen LogP contribution < -0.4 is 5.73 Å². The van der Waals surface area contributed by atoms with E-state index >= 15 is 0 Å². The Balaban J connectivity index is 0.00000180. The molecule has 1 aromatic carbocycles. The maximum atomic E-state index is 10.9. The van der Waals surface area contributed by atoms with Crippen molar-refractivity contribution in [3.8, 4) is 0 Å². The average Bonchev–Trinajstić information content (AvgIpc) is 2.34. The number of nitrogens with zero attached hydrogens (tertiary/aromatic N) is 2. The van der Waals surface area contributed by atoms with Crippen LogP contribution in [0.1, 0.15) is 18.4 Å². The average molecular weight is 351 g/mol. The quantitative estimate of drug-likeness (QED) is 0.672. The zero-order valence-corrected chi connectivity index (χ0v) is 12.8. The summed E-state index contributed by atoms with van der Waals surface area (Å²) in [6, 6.07) is 5.61. The number of piperidine rings is 1. The number of nitro groups is 1. The van der Waals surface area contributed by atoms with Crippen LogP contribution in [0.4, 0.5) is 5.69 Å². The van der Waals surface area contributed by atoms with Crippen molar-refractivity contribution in [2.75, 3.05) is 13.1 Å². The number of nitro benzene ring substituents is 1. The molecule has 0 spiro atoms. The summed E-state index contributed by atoms with van der Waals surface area (Å²) in [6.45, 7) is 2.68. The molecule has 1 saturated heterocycles. The number of nitrogens with two attached hydrogens (primary N) is 1. The summed E-state index contributed by atoms with van der Waals surface area (Å²) < 4.78 is 0.525. The molecule has 1 heterocycles. The van der Waals surface area contributed by atoms with Crippen molar-refractivity contribution >= 4 is 34.0 Å². The van der Waals surface area contributed by atoms with Crippen LogP contribution >= 0.6 is 28.3 Å². The maximum Gasteiger partial charge on any atom is 0.283 e. The van der Waals surface area contributed by atoms with Crippen molar-refractivity contribution in [2.24, 2.45) is 5.73 Å². The monoisotopic (exact) mass is 349 g/mol. The standard InChI is InChI=1S/C12H16BrN3O2.ClH/c13-11-2-1-9(7-12(11)16(17)18)8-15-5-3-10(14)4-6-15;/h1-2,7,10H,3-6,8,14H2;1H. The van der Waals surface area contributed by atoms with E-state index in [2.05, 4.69) is 20.8 Å². The Morgan fingerprint density at radius 1 is 1.42 bits per heavy atom. The molecule has 0 aliphatic carbocycles. The van der Waals surface area contributed by atoms with Gasteiger partial charge in [0.25, 0.3) is 5.69 Å². The van der Waals surface area contributed by atoms with Gasteiger partial charge in [-0.1, -0.05) is 6.07 Å². The molecule has 0 bridgehead atoms. The Morgan fingerprint density at radius 2 is 2.05 bits per heavy atom. The molecular weight excluding hydrogens is 334 g/mol. The smallest absolute Gasteiger partial charge is 0.283 e. The Hall–Kier alpha value is -0.690. The zero-order valence-electron chi connectivity index (χ0n) is 10.4. The van der Waals surface area contributed by atoms with Gasteiger partial charge in [-0.2, -0.15) is 0 Å². The highest BCUT2D eigenvalue weighted by Gasteiger charge is 2.18. The largest absolute Gasteiger partial charge is 0.328 e. The van der Waals surface area contributed by atoms with Crippen LogP contribution in [0.25, 0.3) is 0 Å². The highest BCUT2D eigenvalue weighted by Crippen LogP contribution is 2.26. The number of likely N-dealkylation sites (tertiary alicyclic amines) is 1. The maximum absolute atomic E-state index is 10.9. The number of rotatable bonds is 3. The van der Waals surface area contributed by atoms with Crippen molar-refractivity contribution in [1.82, 2.24) is 4.90 Å². The van der Waals surface area contributed by atoms with Crippen LogP contribution in [-0.2, 0) is 6.54 Å². The third-order valence-corrected chi connectivity index (χ3v) is 3.92. The van der Waals surface area contributed by atoms with E-state index in [1.165, 1.54) is 0 Å². The van der Waals surface area contributed by atoms with Crippen molar-refractivity contribution < 1.29 is 4.92 Å². The Kier molecular flexibility index (Phi) is 6.19. The number of benzene rings is 1. The van der Waals surface area contributed by atoms with E-state index in [9.17, 15) is 10.1 Å². The van der Waals surface area contributed by atoms with Gasteiger partial charge in [0.05, 0.1) is 9.40 Å². The van der Waals surface area contributed by atoms with E-state index in [0.717, 1.165) is 38.0 Å². The highest BCUT2D eigenvalue weighted by molar-refractivity contribution is 9.10. The fraction of sp³-hybridized carbons (Fsp3) is 0.500. The van der Waals surface area contributed by atoms with Crippen LogP contribution in [-0.4, -0.2) is 29.0 Å². The molecule has 106 valence electrons. The number of halogens is 2. The minimum Gasteiger partial charge on any atom is -0.328 e. The van der Waals surface area contributed by atoms with Crippen LogP contribution in [0.5, 0.6) is 0 Å². The topological polar surface area (TPSA) is 72.4 Å². The first-order valence-corrected chi connectivity index (χ1v) is 6.76. The molecule has 1 aliphatic heterocycles. The van der Waals surface area contributed by atoms with Gasteiger partial charge in [0.15, 0.2) is 0 Å². The summed E-state index contributed by atoms with van der Waals surface area (Å²) in [5, 5.41) is 10.9. The molecule has 1 fully saturated rings. The molecule has 0 unspecified atom stereocenters. The van der Waals surface area contributed by atoms with Gasteiger partial charge in [0.2, 0.25) is 0 Å². The molecular formula is C12H17BrClN3O2. The minimum atomic E-state index is -0.361. The molecule has 0 atom stereocenters. The second-order valence-corrected chi connectivity index (χ2v) is 5.51. The predicted octanol–water partition coefficient (Wildman–Crippen LogP) is 2.70. The van der Waals surface area contributed by atoms with E-state index in [0.29, 0.717) is 10.5 Å². The van der Waals surface area contributed by atoms with Crippen molar-refractivity contribution in [3.63, 3.8) is 0 Å². The third-order valence-electron chi connectivity index (χ3n) is 3.25. The van der Waals surface area contributed by atoms with Crippen molar-refractivity contribution in [2.45, 2.75) is 25.4 Å². The summed E-state index contributed by atoms with van der Waals surface area (Å²) in [5.41, 5.74) is 6.95. The van der Waals surface area contributed by atoms with E-state index in [4.69, 9.17) is 5.73 Å². The summed E-state index contributed by atoms with van der Waals surface area (Å²) in [5.74, 6) is 0. The lowest BCUT2D eigenvalue weighted by Gasteiger charge is -2.29. The molecule has 5 nitrogen and oxygen atoms in total. The van der Waals surface area contributed by atoms with Gasteiger partial charge in [-0.05, 0) is 53.5 Å². The molecule has 0 radical (unpaired) electrons. The first-order chi connectivity index (χ1) is 8.56. The van der Waals surface area contributed by atoms with E-state index in [-0.39, 0.29) is 23.0 Å². The molecule has 2 N–H and O–H groups in total. The van der Waals surface area contributed by atoms with Crippen molar-refractivity contribution in [1.29, 1.82) is 0 Å². The third kappa shape index (κ3) is 4.42. The second-order valence-electron chi connectivity index (χ2n) is 4.66. The van der Waals surface area contributed by atoms with Gasteiger partial charge >= 0.3 is 0 Å². The predicted molar refractivity (Wildman–Crippen MR) is 80.5 cm³/mol. The molecule has 0 aromatic heterocycles. The van der Waals surface area contributed by atoms with Crippen LogP contribution in [0, 0.1) is 10.1 Å². The summed E-state index contributed by atoms with van der Waals surface area (Å²) in [6.07, 6.45) is 2.00. The number of hydrogen-bond acceptors (Lipinski definition) is 4. The first kappa shape index (κ1) is 16.4. The molecule has 1 aliphatic rings. The Labute approximate surface area is 126 Å². The van der Waals surface area contributed by atoms with Gasteiger partial charge in [-0.25, -0.2) is 0 Å². The summed E-state index contributed by atoms with van der Waals surface area (Å²) in [7, 11) is 0. The first-order valence-electron chi connectivity index (χ1n) is 5.97. The fourth-order valence-corrected chi connectivity index (χ4v) is 2.56.